The molecular weight excluding hydrogens is 264 g/mol. The van der Waals surface area contributed by atoms with Crippen molar-refractivity contribution in [3.8, 4) is 10.6 Å². The highest BCUT2D eigenvalue weighted by Gasteiger charge is 2.29. The summed E-state index contributed by atoms with van der Waals surface area (Å²) in [5.74, 6) is 0.720. The molecule has 0 bridgehead atoms. The van der Waals surface area contributed by atoms with E-state index in [9.17, 15) is 0 Å². The molecule has 1 N–H and O–H groups in total. The minimum atomic E-state index is 0.573. The average Bonchev–Trinajstić information content (AvgIpc) is 3.25. The Hall–Kier alpha value is -1.19. The van der Waals surface area contributed by atoms with Gasteiger partial charge in [-0.2, -0.15) is 0 Å². The number of aromatic nitrogens is 1. The van der Waals surface area contributed by atoms with Gasteiger partial charge in [-0.1, -0.05) is 37.3 Å². The number of thiazole rings is 1. The number of nitrogens with one attached hydrogen (secondary N) is 1. The van der Waals surface area contributed by atoms with Gasteiger partial charge in [-0.25, -0.2) is 4.98 Å². The molecular formula is C17H22N2S. The Kier molecular flexibility index (Phi) is 4.18. The topological polar surface area (TPSA) is 24.9 Å². The molecule has 1 aromatic heterocycles. The molecule has 1 aromatic carbocycles. The molecule has 1 aliphatic rings. The van der Waals surface area contributed by atoms with Gasteiger partial charge in [0.1, 0.15) is 5.01 Å². The molecule has 0 saturated heterocycles. The van der Waals surface area contributed by atoms with Gasteiger partial charge in [-0.15, -0.1) is 11.3 Å². The maximum Gasteiger partial charge on any atom is 0.123 e. The summed E-state index contributed by atoms with van der Waals surface area (Å²) in [4.78, 5) is 6.36. The van der Waals surface area contributed by atoms with Crippen molar-refractivity contribution >= 4 is 11.3 Å². The second kappa shape index (κ2) is 6.06. The second-order valence-corrected chi connectivity index (χ2v) is 6.74. The Morgan fingerprint density at radius 1 is 1.30 bits per heavy atom. The normalized spacial score (nSPS) is 16.3. The van der Waals surface area contributed by atoms with E-state index in [4.69, 9.17) is 4.98 Å². The molecule has 1 fully saturated rings. The summed E-state index contributed by atoms with van der Waals surface area (Å²) >= 11 is 1.86. The number of hydrogen-bond acceptors (Lipinski definition) is 3. The van der Waals surface area contributed by atoms with Gasteiger partial charge in [-0.3, -0.25) is 0 Å². The fraction of sp³-hybridized carbons (Fsp3) is 0.471. The van der Waals surface area contributed by atoms with Gasteiger partial charge >= 0.3 is 0 Å². The summed E-state index contributed by atoms with van der Waals surface area (Å²) in [5, 5.41) is 4.78. The van der Waals surface area contributed by atoms with E-state index in [0.29, 0.717) is 6.04 Å². The van der Waals surface area contributed by atoms with Crippen molar-refractivity contribution in [1.29, 1.82) is 0 Å². The first-order chi connectivity index (χ1) is 9.78. The van der Waals surface area contributed by atoms with Crippen LogP contribution in [0.1, 0.15) is 49.6 Å². The molecule has 1 unspecified atom stereocenters. The predicted molar refractivity (Wildman–Crippen MR) is 86.1 cm³/mol. The van der Waals surface area contributed by atoms with E-state index in [1.165, 1.54) is 40.4 Å². The Labute approximate surface area is 125 Å². The summed E-state index contributed by atoms with van der Waals surface area (Å²) in [5.41, 5.74) is 2.60. The molecule has 20 heavy (non-hydrogen) atoms. The van der Waals surface area contributed by atoms with Crippen molar-refractivity contribution in [2.75, 3.05) is 0 Å². The molecule has 2 nitrogen and oxygen atoms in total. The van der Waals surface area contributed by atoms with Crippen LogP contribution >= 0.6 is 11.3 Å². The summed E-state index contributed by atoms with van der Waals surface area (Å²) < 4.78 is 0. The van der Waals surface area contributed by atoms with Crippen molar-refractivity contribution in [1.82, 2.24) is 10.3 Å². The molecule has 0 spiro atoms. The van der Waals surface area contributed by atoms with Crippen LogP contribution in [0.5, 0.6) is 0 Å². The highest BCUT2D eigenvalue weighted by molar-refractivity contribution is 7.15. The fourth-order valence-corrected chi connectivity index (χ4v) is 3.39. The Balaban J connectivity index is 1.83. The third-order valence-electron chi connectivity index (χ3n) is 3.94. The quantitative estimate of drug-likeness (QED) is 0.841. The lowest BCUT2D eigenvalue weighted by Gasteiger charge is -2.10. The molecule has 0 radical (unpaired) electrons. The molecule has 0 amide bonds. The van der Waals surface area contributed by atoms with E-state index in [1.807, 2.05) is 11.3 Å². The van der Waals surface area contributed by atoms with E-state index in [1.54, 1.807) is 0 Å². The van der Waals surface area contributed by atoms with Crippen LogP contribution in [0.3, 0.4) is 0 Å². The van der Waals surface area contributed by atoms with E-state index < -0.39 is 0 Å². The zero-order valence-corrected chi connectivity index (χ0v) is 13.0. The van der Waals surface area contributed by atoms with Gasteiger partial charge in [0, 0.05) is 28.9 Å². The highest BCUT2D eigenvalue weighted by Crippen LogP contribution is 2.44. The zero-order chi connectivity index (χ0) is 13.9. The van der Waals surface area contributed by atoms with Crippen LogP contribution in [-0.4, -0.2) is 11.0 Å². The van der Waals surface area contributed by atoms with Gasteiger partial charge in [0.2, 0.25) is 0 Å². The summed E-state index contributed by atoms with van der Waals surface area (Å²) in [6.45, 7) is 5.43. The Morgan fingerprint density at radius 2 is 2.05 bits per heavy atom. The third-order valence-corrected chi connectivity index (χ3v) is 5.06. The number of nitrogens with zero attached hydrogens (tertiary/aromatic N) is 1. The monoisotopic (exact) mass is 286 g/mol. The highest BCUT2D eigenvalue weighted by atomic mass is 32.1. The van der Waals surface area contributed by atoms with Crippen molar-refractivity contribution in [3.63, 3.8) is 0 Å². The van der Waals surface area contributed by atoms with E-state index in [-0.39, 0.29) is 0 Å². The maximum absolute atomic E-state index is 4.92. The molecule has 1 atom stereocenters. The summed E-state index contributed by atoms with van der Waals surface area (Å²) in [6.07, 6.45) is 3.80. The zero-order valence-electron chi connectivity index (χ0n) is 12.2. The lowest BCUT2D eigenvalue weighted by atomic mass is 10.2. The van der Waals surface area contributed by atoms with Crippen LogP contribution < -0.4 is 5.32 Å². The van der Waals surface area contributed by atoms with E-state index in [0.717, 1.165) is 12.5 Å². The van der Waals surface area contributed by atoms with Crippen LogP contribution in [0, 0.1) is 0 Å². The molecule has 0 aliphatic heterocycles. The molecule has 2 aromatic rings. The molecule has 106 valence electrons. The summed E-state index contributed by atoms with van der Waals surface area (Å²) in [7, 11) is 0. The fourth-order valence-electron chi connectivity index (χ4n) is 2.28. The standard InChI is InChI=1S/C17H22N2S/c1-3-12(2)18-11-15-16(13-9-10-13)19-17(20-15)14-7-5-4-6-8-14/h4-8,12-13,18H,3,9-11H2,1-2H3. The second-order valence-electron chi connectivity index (χ2n) is 5.66. The number of rotatable bonds is 6. The van der Waals surface area contributed by atoms with Crippen molar-refractivity contribution in [2.45, 2.75) is 51.6 Å². The molecule has 3 heteroatoms. The van der Waals surface area contributed by atoms with Gasteiger partial charge in [-0.05, 0) is 26.2 Å². The smallest absolute Gasteiger partial charge is 0.123 e. The SMILES string of the molecule is CCC(C)NCc1sc(-c2ccccc2)nc1C1CC1. The van der Waals surface area contributed by atoms with Gasteiger partial charge in [0.15, 0.2) is 0 Å². The number of hydrogen-bond donors (Lipinski definition) is 1. The van der Waals surface area contributed by atoms with Crippen molar-refractivity contribution in [2.24, 2.45) is 0 Å². The van der Waals surface area contributed by atoms with Crippen LogP contribution in [0.15, 0.2) is 30.3 Å². The van der Waals surface area contributed by atoms with Crippen molar-refractivity contribution < 1.29 is 0 Å². The third kappa shape index (κ3) is 3.10. The Morgan fingerprint density at radius 3 is 2.70 bits per heavy atom. The lowest BCUT2D eigenvalue weighted by Crippen LogP contribution is -2.24. The van der Waals surface area contributed by atoms with E-state index in [2.05, 4.69) is 49.5 Å². The largest absolute Gasteiger partial charge is 0.309 e. The van der Waals surface area contributed by atoms with Crippen LogP contribution in [0.25, 0.3) is 10.6 Å². The summed E-state index contributed by atoms with van der Waals surface area (Å²) in [6, 6.07) is 11.1. The van der Waals surface area contributed by atoms with Crippen molar-refractivity contribution in [3.05, 3.63) is 40.9 Å². The minimum absolute atomic E-state index is 0.573. The Bertz CT molecular complexity index is 558. The first-order valence-corrected chi connectivity index (χ1v) is 8.38. The van der Waals surface area contributed by atoms with Crippen LogP contribution in [-0.2, 0) is 6.54 Å². The maximum atomic E-state index is 4.92. The first-order valence-electron chi connectivity index (χ1n) is 7.56. The molecule has 1 saturated carbocycles. The lowest BCUT2D eigenvalue weighted by molar-refractivity contribution is 0.535. The van der Waals surface area contributed by atoms with E-state index >= 15 is 0 Å². The molecule has 1 heterocycles. The van der Waals surface area contributed by atoms with Crippen LogP contribution in [0.2, 0.25) is 0 Å². The molecule has 3 rings (SSSR count). The van der Waals surface area contributed by atoms with Gasteiger partial charge in [0.05, 0.1) is 5.69 Å². The number of benzene rings is 1. The van der Waals surface area contributed by atoms with Gasteiger partial charge in [0.25, 0.3) is 0 Å². The predicted octanol–water partition coefficient (Wildman–Crippen LogP) is 4.58. The molecule has 1 aliphatic carbocycles. The first kappa shape index (κ1) is 13.8. The van der Waals surface area contributed by atoms with Gasteiger partial charge < -0.3 is 5.32 Å². The average molecular weight is 286 g/mol. The minimum Gasteiger partial charge on any atom is -0.309 e. The van der Waals surface area contributed by atoms with Crippen LogP contribution in [0.4, 0.5) is 0 Å².